The van der Waals surface area contributed by atoms with Crippen molar-refractivity contribution in [1.29, 1.82) is 0 Å². The Kier molecular flexibility index (Phi) is 5.15. The molecule has 0 fully saturated rings. The molecule has 0 saturated heterocycles. The quantitative estimate of drug-likeness (QED) is 0.734. The molecule has 2 heterocycles. The van der Waals surface area contributed by atoms with Crippen molar-refractivity contribution in [3.8, 4) is 0 Å². The first kappa shape index (κ1) is 18.2. The molecule has 2 aromatic rings. The number of pyridine rings is 1. The number of carboxylic acid groups (broad SMARTS) is 2. The Morgan fingerprint density at radius 1 is 1.21 bits per heavy atom. The zero-order valence-electron chi connectivity index (χ0n) is 13.8. The molecule has 1 atom stereocenters. The smallest absolute Gasteiger partial charge is 0.354 e. The molecule has 0 saturated carbocycles. The van der Waals surface area contributed by atoms with Crippen LogP contribution in [0.5, 0.6) is 0 Å². The van der Waals surface area contributed by atoms with Gasteiger partial charge in [0.1, 0.15) is 11.3 Å². The highest BCUT2D eigenvalue weighted by Gasteiger charge is 2.29. The van der Waals surface area contributed by atoms with Crippen LogP contribution in [0.15, 0.2) is 0 Å². The molecule has 0 bridgehead atoms. The molecule has 0 spiro atoms. The molecular formula is C16H20ClN3O4. The monoisotopic (exact) mass is 353 g/mol. The lowest BCUT2D eigenvalue weighted by Crippen LogP contribution is -2.21. The van der Waals surface area contributed by atoms with Gasteiger partial charge in [-0.05, 0) is 30.9 Å². The molecule has 0 aromatic carbocycles. The molecule has 0 aliphatic heterocycles. The van der Waals surface area contributed by atoms with Crippen molar-refractivity contribution < 1.29 is 19.8 Å². The molecule has 0 radical (unpaired) electrons. The van der Waals surface area contributed by atoms with E-state index in [0.717, 1.165) is 5.56 Å². The SMILES string of the molecule is CCc1c(C(=O)O)nc2c(c(Cl)c(C(=O)O)n2[C@H](C)CN)c1CC. The Bertz CT molecular complexity index is 829. The number of hydrogen-bond acceptors (Lipinski definition) is 4. The number of fused-ring (bicyclic) bond motifs is 1. The van der Waals surface area contributed by atoms with Crippen molar-refractivity contribution in [2.45, 2.75) is 39.7 Å². The van der Waals surface area contributed by atoms with Gasteiger partial charge >= 0.3 is 11.9 Å². The molecule has 2 aromatic heterocycles. The Morgan fingerprint density at radius 2 is 1.79 bits per heavy atom. The minimum atomic E-state index is -1.20. The summed E-state index contributed by atoms with van der Waals surface area (Å²) in [5.74, 6) is -2.35. The fourth-order valence-corrected chi connectivity index (χ4v) is 3.44. The number of aryl methyl sites for hydroxylation is 1. The second-order valence-electron chi connectivity index (χ2n) is 5.55. The van der Waals surface area contributed by atoms with Gasteiger partial charge < -0.3 is 20.5 Å². The van der Waals surface area contributed by atoms with E-state index < -0.39 is 18.0 Å². The Hall–Kier alpha value is -2.12. The van der Waals surface area contributed by atoms with Crippen molar-refractivity contribution in [3.05, 3.63) is 27.5 Å². The van der Waals surface area contributed by atoms with Crippen LogP contribution in [-0.2, 0) is 12.8 Å². The van der Waals surface area contributed by atoms with Crippen LogP contribution >= 0.6 is 11.6 Å². The summed E-state index contributed by atoms with van der Waals surface area (Å²) in [6, 6.07) is -0.391. The Labute approximate surface area is 144 Å². The van der Waals surface area contributed by atoms with E-state index in [1.165, 1.54) is 4.57 Å². The van der Waals surface area contributed by atoms with Crippen molar-refractivity contribution in [3.63, 3.8) is 0 Å². The summed E-state index contributed by atoms with van der Waals surface area (Å²) in [6.45, 7) is 5.62. The fraction of sp³-hybridized carbons (Fsp3) is 0.438. The molecule has 4 N–H and O–H groups in total. The van der Waals surface area contributed by atoms with E-state index in [1.54, 1.807) is 6.92 Å². The van der Waals surface area contributed by atoms with Crippen LogP contribution in [0.2, 0.25) is 5.02 Å². The standard InChI is InChI=1S/C16H20ClN3O4/c1-4-8-9(5-2)12(15(21)22)19-14-10(8)11(17)13(16(23)24)20(14)7(3)6-18/h7H,4-6,18H2,1-3H3,(H,21,22)(H,23,24)/t7-/m1/s1. The summed E-state index contributed by atoms with van der Waals surface area (Å²) in [6.07, 6.45) is 0.979. The van der Waals surface area contributed by atoms with E-state index in [-0.39, 0.29) is 28.6 Å². The molecule has 0 aliphatic rings. The summed E-state index contributed by atoms with van der Waals surface area (Å²) in [4.78, 5) is 27.6. The molecular weight excluding hydrogens is 334 g/mol. The van der Waals surface area contributed by atoms with Crippen molar-refractivity contribution in [2.75, 3.05) is 6.54 Å². The third kappa shape index (κ3) is 2.63. The molecule has 0 unspecified atom stereocenters. The van der Waals surface area contributed by atoms with Crippen LogP contribution in [0, 0.1) is 0 Å². The number of halogens is 1. The number of aromatic carboxylic acids is 2. The highest BCUT2D eigenvalue weighted by molar-refractivity contribution is 6.38. The van der Waals surface area contributed by atoms with Crippen LogP contribution in [0.3, 0.4) is 0 Å². The third-order valence-corrected chi connectivity index (χ3v) is 4.55. The maximum atomic E-state index is 11.7. The molecule has 0 aliphatic carbocycles. The van der Waals surface area contributed by atoms with Gasteiger partial charge in [0.05, 0.1) is 5.02 Å². The van der Waals surface area contributed by atoms with Crippen LogP contribution in [0.1, 0.15) is 58.9 Å². The molecule has 24 heavy (non-hydrogen) atoms. The van der Waals surface area contributed by atoms with E-state index >= 15 is 0 Å². The summed E-state index contributed by atoms with van der Waals surface area (Å²) < 4.78 is 1.42. The lowest BCUT2D eigenvalue weighted by molar-refractivity contribution is 0.0677. The van der Waals surface area contributed by atoms with Crippen molar-refractivity contribution in [2.24, 2.45) is 5.73 Å². The minimum Gasteiger partial charge on any atom is -0.477 e. The van der Waals surface area contributed by atoms with Gasteiger partial charge in [0.25, 0.3) is 0 Å². The van der Waals surface area contributed by atoms with Crippen LogP contribution < -0.4 is 5.73 Å². The highest BCUT2D eigenvalue weighted by atomic mass is 35.5. The van der Waals surface area contributed by atoms with Crippen molar-refractivity contribution >= 4 is 34.6 Å². The average Bonchev–Trinajstić information content (AvgIpc) is 2.84. The van der Waals surface area contributed by atoms with Crippen molar-refractivity contribution in [1.82, 2.24) is 9.55 Å². The second-order valence-corrected chi connectivity index (χ2v) is 5.93. The lowest BCUT2D eigenvalue weighted by Gasteiger charge is -2.16. The minimum absolute atomic E-state index is 0.0709. The summed E-state index contributed by atoms with van der Waals surface area (Å²) in [5.41, 5.74) is 7.06. The summed E-state index contributed by atoms with van der Waals surface area (Å²) in [7, 11) is 0. The van der Waals surface area contributed by atoms with E-state index in [1.807, 2.05) is 13.8 Å². The van der Waals surface area contributed by atoms with Gasteiger partial charge in [-0.15, -0.1) is 0 Å². The van der Waals surface area contributed by atoms with Gasteiger partial charge in [-0.25, -0.2) is 14.6 Å². The van der Waals surface area contributed by atoms with E-state index in [0.29, 0.717) is 23.8 Å². The number of hydrogen-bond donors (Lipinski definition) is 3. The van der Waals surface area contributed by atoms with Gasteiger partial charge in [0.15, 0.2) is 5.69 Å². The van der Waals surface area contributed by atoms with Crippen LogP contribution in [0.25, 0.3) is 11.0 Å². The number of rotatable bonds is 6. The lowest BCUT2D eigenvalue weighted by atomic mass is 9.98. The van der Waals surface area contributed by atoms with E-state index in [4.69, 9.17) is 17.3 Å². The first-order chi connectivity index (χ1) is 11.3. The summed E-state index contributed by atoms with van der Waals surface area (Å²) >= 11 is 6.37. The first-order valence-electron chi connectivity index (χ1n) is 7.71. The molecule has 8 heteroatoms. The molecule has 7 nitrogen and oxygen atoms in total. The largest absolute Gasteiger partial charge is 0.477 e. The second kappa shape index (κ2) is 6.78. The summed E-state index contributed by atoms with van der Waals surface area (Å²) in [5, 5.41) is 19.6. The first-order valence-corrected chi connectivity index (χ1v) is 8.09. The highest BCUT2D eigenvalue weighted by Crippen LogP contribution is 2.37. The zero-order chi connectivity index (χ0) is 18.2. The third-order valence-electron chi connectivity index (χ3n) is 4.18. The number of nitrogens with zero attached hydrogens (tertiary/aromatic N) is 2. The van der Waals surface area contributed by atoms with Gasteiger partial charge in [-0.2, -0.15) is 0 Å². The number of carbonyl (C=O) groups is 2. The maximum Gasteiger partial charge on any atom is 0.354 e. The van der Waals surface area contributed by atoms with Crippen LogP contribution in [-0.4, -0.2) is 38.2 Å². The zero-order valence-corrected chi connectivity index (χ0v) is 14.5. The van der Waals surface area contributed by atoms with Gasteiger partial charge in [0.2, 0.25) is 0 Å². The van der Waals surface area contributed by atoms with Gasteiger partial charge in [0, 0.05) is 18.0 Å². The predicted octanol–water partition coefficient (Wildman–Crippen LogP) is 2.73. The van der Waals surface area contributed by atoms with Gasteiger partial charge in [-0.1, -0.05) is 25.4 Å². The molecule has 0 amide bonds. The Balaban J connectivity index is 3.10. The van der Waals surface area contributed by atoms with Crippen LogP contribution in [0.4, 0.5) is 0 Å². The fourth-order valence-electron chi connectivity index (χ4n) is 3.07. The van der Waals surface area contributed by atoms with Gasteiger partial charge in [-0.3, -0.25) is 0 Å². The number of aromatic nitrogens is 2. The molecule has 2 rings (SSSR count). The number of nitrogens with two attached hydrogens (primary N) is 1. The van der Waals surface area contributed by atoms with E-state index in [9.17, 15) is 19.8 Å². The molecule has 130 valence electrons. The Morgan fingerprint density at radius 3 is 2.21 bits per heavy atom. The number of carboxylic acids is 2. The normalized spacial score (nSPS) is 12.5. The average molecular weight is 354 g/mol. The van der Waals surface area contributed by atoms with E-state index in [2.05, 4.69) is 4.98 Å². The topological polar surface area (TPSA) is 118 Å². The maximum absolute atomic E-state index is 11.7. The predicted molar refractivity (Wildman–Crippen MR) is 91.2 cm³/mol.